The Morgan fingerprint density at radius 3 is 2.57 bits per heavy atom. The Morgan fingerprint density at radius 2 is 1.71 bits per heavy atom. The second kappa shape index (κ2) is 13.1. The topological polar surface area (TPSA) is 53.2 Å². The maximum Gasteiger partial charge on any atom is 0.221 e. The largest absolute Gasteiger partial charge is 0.356 e. The fourth-order valence-electron chi connectivity index (χ4n) is 2.81. The number of hydrogen-bond donors (Lipinski definition) is 3. The van der Waals surface area contributed by atoms with E-state index in [0.29, 0.717) is 12.5 Å². The smallest absolute Gasteiger partial charge is 0.221 e. The molecule has 124 valence electrons. The van der Waals surface area contributed by atoms with Gasteiger partial charge in [0.1, 0.15) is 0 Å². The van der Waals surface area contributed by atoms with Crippen LogP contribution in [0.25, 0.3) is 0 Å². The van der Waals surface area contributed by atoms with Crippen molar-refractivity contribution in [3.05, 3.63) is 0 Å². The highest BCUT2D eigenvalue weighted by Gasteiger charge is 2.13. The Morgan fingerprint density at radius 1 is 0.952 bits per heavy atom. The first-order chi connectivity index (χ1) is 10.3. The van der Waals surface area contributed by atoms with Gasteiger partial charge in [-0.2, -0.15) is 0 Å². The second-order valence-electron chi connectivity index (χ2n) is 6.22. The van der Waals surface area contributed by atoms with Crippen LogP contribution >= 0.6 is 0 Å². The average Bonchev–Trinajstić information content (AvgIpc) is 2.49. The van der Waals surface area contributed by atoms with Crippen LogP contribution in [0.4, 0.5) is 0 Å². The maximum absolute atomic E-state index is 12.0. The van der Waals surface area contributed by atoms with E-state index in [0.717, 1.165) is 39.0 Å². The van der Waals surface area contributed by atoms with Gasteiger partial charge >= 0.3 is 0 Å². The van der Waals surface area contributed by atoms with Crippen molar-refractivity contribution in [3.8, 4) is 0 Å². The molecule has 1 fully saturated rings. The molecule has 3 N–H and O–H groups in total. The lowest BCUT2D eigenvalue weighted by atomic mass is 10.0. The molecular formula is C17H35N3O. The van der Waals surface area contributed by atoms with Gasteiger partial charge < -0.3 is 16.0 Å². The van der Waals surface area contributed by atoms with Crippen molar-refractivity contribution in [2.45, 2.75) is 77.2 Å². The van der Waals surface area contributed by atoms with E-state index in [2.05, 4.69) is 22.9 Å². The van der Waals surface area contributed by atoms with E-state index in [9.17, 15) is 4.79 Å². The number of nitrogens with one attached hydrogen (secondary N) is 3. The summed E-state index contributed by atoms with van der Waals surface area (Å²) in [6.07, 6.45) is 11.7. The van der Waals surface area contributed by atoms with E-state index in [1.807, 2.05) is 0 Å². The molecule has 0 aliphatic carbocycles. The molecular weight excluding hydrogens is 262 g/mol. The number of unbranched alkanes of at least 4 members (excludes halogenated alkanes) is 4. The molecule has 0 aromatic rings. The zero-order chi connectivity index (χ0) is 15.2. The predicted octanol–water partition coefficient (Wildman–Crippen LogP) is 2.58. The minimum absolute atomic E-state index is 0.209. The lowest BCUT2D eigenvalue weighted by molar-refractivity contribution is -0.121. The van der Waals surface area contributed by atoms with Gasteiger partial charge in [0.2, 0.25) is 5.91 Å². The van der Waals surface area contributed by atoms with Gasteiger partial charge in [0.15, 0.2) is 0 Å². The third-order valence-corrected chi connectivity index (χ3v) is 4.15. The van der Waals surface area contributed by atoms with E-state index in [1.54, 1.807) is 0 Å². The minimum Gasteiger partial charge on any atom is -0.356 e. The lowest BCUT2D eigenvalue weighted by Crippen LogP contribution is -2.36. The maximum atomic E-state index is 12.0. The highest BCUT2D eigenvalue weighted by atomic mass is 16.1. The van der Waals surface area contributed by atoms with E-state index >= 15 is 0 Å². The van der Waals surface area contributed by atoms with E-state index < -0.39 is 0 Å². The van der Waals surface area contributed by atoms with E-state index in [-0.39, 0.29) is 5.91 Å². The molecule has 0 bridgehead atoms. The van der Waals surface area contributed by atoms with Crippen LogP contribution in [0.2, 0.25) is 0 Å². The van der Waals surface area contributed by atoms with Crippen molar-refractivity contribution in [3.63, 3.8) is 0 Å². The molecule has 0 radical (unpaired) electrons. The highest BCUT2D eigenvalue weighted by Crippen LogP contribution is 2.10. The summed E-state index contributed by atoms with van der Waals surface area (Å²) < 4.78 is 0. The molecule has 0 saturated carbocycles. The summed E-state index contributed by atoms with van der Waals surface area (Å²) in [5.74, 6) is 0.209. The van der Waals surface area contributed by atoms with Crippen LogP contribution in [0.5, 0.6) is 0 Å². The van der Waals surface area contributed by atoms with Gasteiger partial charge in [-0.05, 0) is 45.3 Å². The standard InChI is InChI=1S/C17H35N3O/c1-2-3-4-5-6-10-16-15-17(21)20-14-9-12-18-11-7-8-13-19-16/h16,18-19H,2-15H2,1H3,(H,20,21). The number of amides is 1. The molecule has 1 unspecified atom stereocenters. The summed E-state index contributed by atoms with van der Waals surface area (Å²) in [7, 11) is 0. The van der Waals surface area contributed by atoms with Gasteiger partial charge in [0, 0.05) is 19.0 Å². The lowest BCUT2D eigenvalue weighted by Gasteiger charge is -2.18. The molecule has 0 aromatic carbocycles. The fourth-order valence-corrected chi connectivity index (χ4v) is 2.81. The quantitative estimate of drug-likeness (QED) is 0.661. The van der Waals surface area contributed by atoms with Crippen LogP contribution in [0.15, 0.2) is 0 Å². The van der Waals surface area contributed by atoms with Gasteiger partial charge in [0.25, 0.3) is 0 Å². The van der Waals surface area contributed by atoms with Crippen LogP contribution in [-0.2, 0) is 4.79 Å². The molecule has 21 heavy (non-hydrogen) atoms. The van der Waals surface area contributed by atoms with Crippen molar-refractivity contribution in [2.75, 3.05) is 26.2 Å². The van der Waals surface area contributed by atoms with Crippen molar-refractivity contribution in [1.29, 1.82) is 0 Å². The number of carbonyl (C=O) groups is 1. The second-order valence-corrected chi connectivity index (χ2v) is 6.22. The summed E-state index contributed by atoms with van der Waals surface area (Å²) in [6, 6.07) is 0.361. The Hall–Kier alpha value is -0.610. The molecule has 1 heterocycles. The normalized spacial score (nSPS) is 22.7. The van der Waals surface area contributed by atoms with Crippen LogP contribution in [0.3, 0.4) is 0 Å². The molecule has 0 spiro atoms. The molecule has 1 amide bonds. The zero-order valence-corrected chi connectivity index (χ0v) is 13.9. The minimum atomic E-state index is 0.209. The molecule has 1 rings (SSSR count). The summed E-state index contributed by atoms with van der Waals surface area (Å²) in [4.78, 5) is 12.0. The predicted molar refractivity (Wildman–Crippen MR) is 89.5 cm³/mol. The highest BCUT2D eigenvalue weighted by molar-refractivity contribution is 5.76. The average molecular weight is 297 g/mol. The Labute approximate surface area is 130 Å². The third kappa shape index (κ3) is 10.7. The summed E-state index contributed by atoms with van der Waals surface area (Å²) >= 11 is 0. The first-order valence-electron chi connectivity index (χ1n) is 9.03. The number of carbonyl (C=O) groups excluding carboxylic acids is 1. The number of hydrogen-bond acceptors (Lipinski definition) is 3. The first-order valence-corrected chi connectivity index (χ1v) is 9.03. The Bertz CT molecular complexity index is 258. The van der Waals surface area contributed by atoms with Crippen LogP contribution in [-0.4, -0.2) is 38.1 Å². The van der Waals surface area contributed by atoms with Crippen molar-refractivity contribution in [2.24, 2.45) is 0 Å². The van der Waals surface area contributed by atoms with Gasteiger partial charge in [-0.25, -0.2) is 0 Å². The molecule has 1 aliphatic rings. The summed E-state index contributed by atoms with van der Waals surface area (Å²) in [5, 5.41) is 10.1. The van der Waals surface area contributed by atoms with Gasteiger partial charge in [0.05, 0.1) is 0 Å². The first kappa shape index (κ1) is 18.4. The number of rotatable bonds is 6. The Kier molecular flexibility index (Phi) is 11.5. The van der Waals surface area contributed by atoms with Gasteiger partial charge in [-0.3, -0.25) is 4.79 Å². The molecule has 1 atom stereocenters. The molecule has 1 saturated heterocycles. The molecule has 0 aromatic heterocycles. The zero-order valence-electron chi connectivity index (χ0n) is 13.9. The van der Waals surface area contributed by atoms with Crippen LogP contribution in [0.1, 0.15) is 71.1 Å². The monoisotopic (exact) mass is 297 g/mol. The molecule has 4 nitrogen and oxygen atoms in total. The third-order valence-electron chi connectivity index (χ3n) is 4.15. The Balaban J connectivity index is 2.27. The van der Waals surface area contributed by atoms with Crippen molar-refractivity contribution in [1.82, 2.24) is 16.0 Å². The molecule has 4 heteroatoms. The van der Waals surface area contributed by atoms with Crippen LogP contribution in [0, 0.1) is 0 Å². The van der Waals surface area contributed by atoms with E-state index in [4.69, 9.17) is 0 Å². The van der Waals surface area contributed by atoms with Gasteiger partial charge in [-0.1, -0.05) is 39.0 Å². The van der Waals surface area contributed by atoms with Crippen molar-refractivity contribution >= 4 is 5.91 Å². The SMILES string of the molecule is CCCCCCCC1CC(=O)NCCCNCCCCN1. The summed E-state index contributed by atoms with van der Waals surface area (Å²) in [6.45, 7) is 6.19. The fraction of sp³-hybridized carbons (Fsp3) is 0.941. The van der Waals surface area contributed by atoms with Gasteiger partial charge in [-0.15, -0.1) is 0 Å². The van der Waals surface area contributed by atoms with Crippen molar-refractivity contribution < 1.29 is 4.79 Å². The molecule has 1 aliphatic heterocycles. The van der Waals surface area contributed by atoms with E-state index in [1.165, 1.54) is 44.9 Å². The summed E-state index contributed by atoms with van der Waals surface area (Å²) in [5.41, 5.74) is 0. The van der Waals surface area contributed by atoms with Crippen LogP contribution < -0.4 is 16.0 Å².